The molecule has 6 nitrogen and oxygen atoms in total. The number of benzene rings is 2. The van der Waals surface area contributed by atoms with Crippen molar-refractivity contribution in [1.82, 2.24) is 10.5 Å². The average molecular weight is 378 g/mol. The van der Waals surface area contributed by atoms with Crippen LogP contribution in [-0.2, 0) is 12.8 Å². The third kappa shape index (κ3) is 4.28. The van der Waals surface area contributed by atoms with Crippen LogP contribution in [0.5, 0.6) is 5.75 Å². The Kier molecular flexibility index (Phi) is 5.89. The molecule has 3 rings (SSSR count). The molecule has 28 heavy (non-hydrogen) atoms. The maximum atomic E-state index is 12.6. The number of ether oxygens (including phenoxy) is 1. The summed E-state index contributed by atoms with van der Waals surface area (Å²) < 4.78 is 10.6. The van der Waals surface area contributed by atoms with Gasteiger partial charge < -0.3 is 14.6 Å². The summed E-state index contributed by atoms with van der Waals surface area (Å²) in [6, 6.07) is 14.8. The zero-order valence-corrected chi connectivity index (χ0v) is 16.1. The van der Waals surface area contributed by atoms with Crippen LogP contribution >= 0.6 is 0 Å². The predicted octanol–water partition coefficient (Wildman–Crippen LogP) is 3.37. The molecule has 0 aliphatic rings. The summed E-state index contributed by atoms with van der Waals surface area (Å²) in [6.45, 7) is 1.96. The van der Waals surface area contributed by atoms with Crippen molar-refractivity contribution in [2.45, 2.75) is 19.8 Å². The summed E-state index contributed by atoms with van der Waals surface area (Å²) in [5, 5.41) is 6.67. The molecule has 1 N–H and O–H groups in total. The highest BCUT2D eigenvalue weighted by molar-refractivity contribution is 6.01. The fourth-order valence-electron chi connectivity index (χ4n) is 2.91. The molecule has 1 aromatic heterocycles. The van der Waals surface area contributed by atoms with E-state index in [-0.39, 0.29) is 23.9 Å². The SMILES string of the molecule is CNC(=O)c1c(Cc2ccc(OC)cc2)noc1CC(=O)c1ccc(C)cc1. The van der Waals surface area contributed by atoms with Gasteiger partial charge in [-0.05, 0) is 24.6 Å². The summed E-state index contributed by atoms with van der Waals surface area (Å²) in [7, 11) is 3.14. The molecule has 0 atom stereocenters. The second kappa shape index (κ2) is 8.52. The van der Waals surface area contributed by atoms with Gasteiger partial charge in [0.15, 0.2) is 11.5 Å². The Morgan fingerprint density at radius 1 is 1.07 bits per heavy atom. The van der Waals surface area contributed by atoms with Crippen molar-refractivity contribution in [1.29, 1.82) is 0 Å². The fraction of sp³-hybridized carbons (Fsp3) is 0.227. The van der Waals surface area contributed by atoms with E-state index in [0.717, 1.165) is 16.9 Å². The van der Waals surface area contributed by atoms with Crippen LogP contribution in [0.4, 0.5) is 0 Å². The Hall–Kier alpha value is -3.41. The summed E-state index contributed by atoms with van der Waals surface area (Å²) in [4.78, 5) is 25.0. The molecule has 144 valence electrons. The van der Waals surface area contributed by atoms with Crippen LogP contribution in [0.3, 0.4) is 0 Å². The fourth-order valence-corrected chi connectivity index (χ4v) is 2.91. The zero-order chi connectivity index (χ0) is 20.1. The van der Waals surface area contributed by atoms with Crippen LogP contribution in [0.25, 0.3) is 0 Å². The minimum Gasteiger partial charge on any atom is -0.497 e. The van der Waals surface area contributed by atoms with Crippen LogP contribution < -0.4 is 10.1 Å². The number of methoxy groups -OCH3 is 1. The van der Waals surface area contributed by atoms with Gasteiger partial charge in [-0.15, -0.1) is 0 Å². The Bertz CT molecular complexity index is 973. The second-order valence-corrected chi connectivity index (χ2v) is 6.50. The highest BCUT2D eigenvalue weighted by atomic mass is 16.5. The predicted molar refractivity (Wildman–Crippen MR) is 105 cm³/mol. The third-order valence-corrected chi connectivity index (χ3v) is 4.51. The van der Waals surface area contributed by atoms with Crippen molar-refractivity contribution in [3.8, 4) is 5.75 Å². The first-order chi connectivity index (χ1) is 13.5. The monoisotopic (exact) mass is 378 g/mol. The van der Waals surface area contributed by atoms with Crippen LogP contribution in [0.1, 0.15) is 43.3 Å². The lowest BCUT2D eigenvalue weighted by atomic mass is 10.0. The molecule has 0 unspecified atom stereocenters. The highest BCUT2D eigenvalue weighted by Gasteiger charge is 2.24. The van der Waals surface area contributed by atoms with Crippen molar-refractivity contribution in [3.05, 3.63) is 82.2 Å². The molecule has 6 heteroatoms. The van der Waals surface area contributed by atoms with Gasteiger partial charge in [0, 0.05) is 19.0 Å². The molecule has 0 bridgehead atoms. The van der Waals surface area contributed by atoms with Gasteiger partial charge in [-0.2, -0.15) is 0 Å². The smallest absolute Gasteiger partial charge is 0.256 e. The van der Waals surface area contributed by atoms with Gasteiger partial charge in [0.05, 0.1) is 13.5 Å². The number of aromatic nitrogens is 1. The van der Waals surface area contributed by atoms with Crippen LogP contribution in [-0.4, -0.2) is 31.0 Å². The Balaban J connectivity index is 1.86. The quantitative estimate of drug-likeness (QED) is 0.638. The van der Waals surface area contributed by atoms with E-state index in [4.69, 9.17) is 9.26 Å². The van der Waals surface area contributed by atoms with E-state index >= 15 is 0 Å². The van der Waals surface area contributed by atoms with Crippen molar-refractivity contribution in [2.75, 3.05) is 14.2 Å². The van der Waals surface area contributed by atoms with Crippen molar-refractivity contribution in [2.24, 2.45) is 0 Å². The molecule has 2 aromatic carbocycles. The number of ketones is 1. The molecule has 0 aliphatic carbocycles. The van der Waals surface area contributed by atoms with Gasteiger partial charge >= 0.3 is 0 Å². The number of Topliss-reactive ketones (excluding diaryl/α,β-unsaturated/α-hetero) is 1. The number of hydrogen-bond donors (Lipinski definition) is 1. The first-order valence-corrected chi connectivity index (χ1v) is 8.94. The normalized spacial score (nSPS) is 10.5. The summed E-state index contributed by atoms with van der Waals surface area (Å²) in [5.41, 5.74) is 3.41. The van der Waals surface area contributed by atoms with E-state index in [1.54, 1.807) is 19.2 Å². The van der Waals surface area contributed by atoms with E-state index < -0.39 is 0 Å². The Labute approximate surface area is 163 Å². The standard InChI is InChI=1S/C22H22N2O4/c1-14-4-8-16(9-5-14)19(25)13-20-21(22(26)23-2)18(24-28-20)12-15-6-10-17(27-3)11-7-15/h4-11H,12-13H2,1-3H3,(H,23,26). The van der Waals surface area contributed by atoms with E-state index in [1.807, 2.05) is 43.3 Å². The average Bonchev–Trinajstić information content (AvgIpc) is 3.10. The van der Waals surface area contributed by atoms with Gasteiger partial charge in [0.25, 0.3) is 5.91 Å². The number of nitrogens with zero attached hydrogens (tertiary/aromatic N) is 1. The first kappa shape index (κ1) is 19.4. The molecule has 0 saturated heterocycles. The number of rotatable bonds is 7. The maximum Gasteiger partial charge on any atom is 0.256 e. The largest absolute Gasteiger partial charge is 0.497 e. The van der Waals surface area contributed by atoms with Crippen molar-refractivity contribution >= 4 is 11.7 Å². The zero-order valence-electron chi connectivity index (χ0n) is 16.1. The topological polar surface area (TPSA) is 81.4 Å². The van der Waals surface area contributed by atoms with Crippen LogP contribution in [0.2, 0.25) is 0 Å². The molecular weight excluding hydrogens is 356 g/mol. The second-order valence-electron chi connectivity index (χ2n) is 6.50. The highest BCUT2D eigenvalue weighted by Crippen LogP contribution is 2.21. The van der Waals surface area contributed by atoms with Gasteiger partial charge in [-0.25, -0.2) is 0 Å². The summed E-state index contributed by atoms with van der Waals surface area (Å²) >= 11 is 0. The van der Waals surface area contributed by atoms with E-state index in [0.29, 0.717) is 23.2 Å². The molecular formula is C22H22N2O4. The van der Waals surface area contributed by atoms with Crippen LogP contribution in [0.15, 0.2) is 53.1 Å². The molecule has 0 spiro atoms. The molecule has 1 amide bonds. The Morgan fingerprint density at radius 2 is 1.75 bits per heavy atom. The number of aryl methyl sites for hydroxylation is 1. The lowest BCUT2D eigenvalue weighted by molar-refractivity contribution is 0.0959. The molecule has 0 fully saturated rings. The minimum absolute atomic E-state index is 0.0264. The van der Waals surface area contributed by atoms with Crippen LogP contribution in [0, 0.1) is 6.92 Å². The van der Waals surface area contributed by atoms with Gasteiger partial charge in [-0.1, -0.05) is 47.1 Å². The lowest BCUT2D eigenvalue weighted by Crippen LogP contribution is -2.21. The lowest BCUT2D eigenvalue weighted by Gasteiger charge is -2.05. The minimum atomic E-state index is -0.323. The van der Waals surface area contributed by atoms with Gasteiger partial charge in [0.1, 0.15) is 17.0 Å². The van der Waals surface area contributed by atoms with E-state index in [1.165, 1.54) is 7.05 Å². The number of hydrogen-bond acceptors (Lipinski definition) is 5. The maximum absolute atomic E-state index is 12.6. The third-order valence-electron chi connectivity index (χ3n) is 4.51. The number of carbonyl (C=O) groups is 2. The molecule has 1 heterocycles. The van der Waals surface area contributed by atoms with E-state index in [9.17, 15) is 9.59 Å². The molecule has 0 saturated carbocycles. The molecule has 3 aromatic rings. The number of carbonyl (C=O) groups excluding carboxylic acids is 2. The molecule has 0 radical (unpaired) electrons. The van der Waals surface area contributed by atoms with Crippen molar-refractivity contribution < 1.29 is 18.8 Å². The summed E-state index contributed by atoms with van der Waals surface area (Å²) in [6.07, 6.45) is 0.385. The number of amides is 1. The Morgan fingerprint density at radius 3 is 2.36 bits per heavy atom. The van der Waals surface area contributed by atoms with Gasteiger partial charge in [-0.3, -0.25) is 9.59 Å². The van der Waals surface area contributed by atoms with Gasteiger partial charge in [0.2, 0.25) is 0 Å². The summed E-state index contributed by atoms with van der Waals surface area (Å²) in [5.74, 6) is 0.571. The molecule has 0 aliphatic heterocycles. The van der Waals surface area contributed by atoms with E-state index in [2.05, 4.69) is 10.5 Å². The van der Waals surface area contributed by atoms with Crippen molar-refractivity contribution in [3.63, 3.8) is 0 Å². The first-order valence-electron chi connectivity index (χ1n) is 8.94. The number of nitrogens with one attached hydrogen (secondary N) is 1.